The lowest BCUT2D eigenvalue weighted by Gasteiger charge is -2.17. The maximum atomic E-state index is 8.49. The van der Waals surface area contributed by atoms with Gasteiger partial charge in [0.1, 0.15) is 16.4 Å². The lowest BCUT2D eigenvalue weighted by atomic mass is 10.0. The van der Waals surface area contributed by atoms with Crippen LogP contribution in [0.2, 0.25) is 0 Å². The van der Waals surface area contributed by atoms with Gasteiger partial charge in [0.05, 0.1) is 5.10 Å². The highest BCUT2D eigenvalue weighted by atomic mass is 35.7. The Morgan fingerprint density at radius 3 is 2.04 bits per heavy atom. The van der Waals surface area contributed by atoms with Crippen molar-refractivity contribution in [3.63, 3.8) is 0 Å². The van der Waals surface area contributed by atoms with Crippen molar-refractivity contribution in [2.24, 2.45) is 5.73 Å². The first-order chi connectivity index (χ1) is 12.7. The summed E-state index contributed by atoms with van der Waals surface area (Å²) in [7, 11) is -4.94. The molecule has 2 N–H and O–H groups in total. The van der Waals surface area contributed by atoms with Gasteiger partial charge in [-0.25, -0.2) is 18.6 Å². The Bertz CT molecular complexity index is 855. The third kappa shape index (κ3) is 6.60. The van der Waals surface area contributed by atoms with Crippen molar-refractivity contribution in [3.05, 3.63) is 58.9 Å². The predicted molar refractivity (Wildman–Crippen MR) is 89.1 cm³/mol. The molecule has 144 valence electrons. The van der Waals surface area contributed by atoms with Crippen LogP contribution >= 0.6 is 11.3 Å². The molecule has 2 heterocycles. The zero-order chi connectivity index (χ0) is 20.0. The molecule has 0 aliphatic carbocycles. The quantitative estimate of drug-likeness (QED) is 0.481. The van der Waals surface area contributed by atoms with Crippen molar-refractivity contribution in [1.82, 2.24) is 10.2 Å². The topological polar surface area (TPSA) is 148 Å². The number of aryl methyl sites for hydroxylation is 2. The van der Waals surface area contributed by atoms with Crippen LogP contribution in [0.25, 0.3) is 16.3 Å². The van der Waals surface area contributed by atoms with Gasteiger partial charge in [-0.05, 0) is 60.1 Å². The summed E-state index contributed by atoms with van der Waals surface area (Å²) in [5, 5.41) is 10.4. The van der Waals surface area contributed by atoms with Gasteiger partial charge in [-0.1, -0.05) is 30.3 Å². The number of hydrogen-bond donors (Lipinski definition) is 1. The lowest BCUT2D eigenvalue weighted by Crippen LogP contribution is -2.68. The number of hydrogen-bond acceptors (Lipinski definition) is 8. The molecule has 8 nitrogen and oxygen atoms in total. The molecule has 0 saturated heterocycles. The van der Waals surface area contributed by atoms with Crippen LogP contribution in [0.3, 0.4) is 0 Å². The zero-order valence-electron chi connectivity index (χ0n) is 14.8. The first-order valence-electron chi connectivity index (χ1n) is 7.92. The minimum atomic E-state index is -4.94. The Labute approximate surface area is 162 Å². The normalized spacial score (nSPS) is 11.1. The van der Waals surface area contributed by atoms with Crippen LogP contribution in [0.5, 0.6) is 0 Å². The van der Waals surface area contributed by atoms with Gasteiger partial charge < -0.3 is 5.73 Å². The highest BCUT2D eigenvalue weighted by Gasteiger charge is 2.20. The van der Waals surface area contributed by atoms with E-state index in [9.17, 15) is 0 Å². The van der Waals surface area contributed by atoms with E-state index in [1.54, 1.807) is 11.3 Å². The third-order valence-corrected chi connectivity index (χ3v) is 4.52. The fourth-order valence-corrected chi connectivity index (χ4v) is 3.53. The Morgan fingerprint density at radius 2 is 1.52 bits per heavy atom. The second-order valence-corrected chi connectivity index (χ2v) is 7.42. The van der Waals surface area contributed by atoms with E-state index in [0.29, 0.717) is 6.54 Å². The fraction of sp³-hybridized carbons (Fsp3) is 0.235. The largest absolute Gasteiger partial charge is 0.415 e. The summed E-state index contributed by atoms with van der Waals surface area (Å²) in [5.74, 6) is 0. The number of nitrogens with zero attached hydrogens (tertiary/aromatic N) is 3. The van der Waals surface area contributed by atoms with Gasteiger partial charge >= 0.3 is 5.13 Å². The van der Waals surface area contributed by atoms with Crippen molar-refractivity contribution in [2.45, 2.75) is 20.3 Å². The van der Waals surface area contributed by atoms with Crippen molar-refractivity contribution in [3.8, 4) is 16.3 Å². The van der Waals surface area contributed by atoms with Crippen LogP contribution in [-0.2, 0) is 6.42 Å². The number of aromatic nitrogens is 3. The van der Waals surface area contributed by atoms with Crippen LogP contribution in [-0.4, -0.2) is 16.7 Å². The maximum Gasteiger partial charge on any atom is 0.415 e. The Balaban J connectivity index is 0.000000465. The second kappa shape index (κ2) is 9.29. The number of halogens is 1. The molecule has 3 rings (SSSR count). The average molecular weight is 411 g/mol. The van der Waals surface area contributed by atoms with E-state index < -0.39 is 10.2 Å². The van der Waals surface area contributed by atoms with Gasteiger partial charge in [-0.2, -0.15) is 4.57 Å². The summed E-state index contributed by atoms with van der Waals surface area (Å²) in [4.78, 5) is 0. The van der Waals surface area contributed by atoms with E-state index in [0.717, 1.165) is 27.9 Å². The highest BCUT2D eigenvalue weighted by Crippen LogP contribution is 2.21. The van der Waals surface area contributed by atoms with E-state index in [4.69, 9.17) is 24.4 Å². The Kier molecular flexibility index (Phi) is 7.33. The van der Waals surface area contributed by atoms with E-state index in [-0.39, 0.29) is 0 Å². The van der Waals surface area contributed by atoms with Crippen molar-refractivity contribution >= 4 is 11.3 Å². The number of pyridine rings is 1. The average Bonchev–Trinajstić information content (AvgIpc) is 3.02. The molecular weight excluding hydrogens is 392 g/mol. The van der Waals surface area contributed by atoms with Crippen LogP contribution in [0.1, 0.15) is 16.4 Å². The summed E-state index contributed by atoms with van der Waals surface area (Å²) < 4.78 is 36.1. The summed E-state index contributed by atoms with van der Waals surface area (Å²) in [6.07, 6.45) is 0.776. The molecule has 0 radical (unpaired) electrons. The van der Waals surface area contributed by atoms with Gasteiger partial charge in [-0.3, -0.25) is 0 Å². The van der Waals surface area contributed by atoms with Crippen LogP contribution < -0.4 is 28.9 Å². The number of nitrogens with two attached hydrogens (primary N) is 1. The van der Waals surface area contributed by atoms with Gasteiger partial charge in [0.2, 0.25) is 0 Å². The molecule has 2 aromatic heterocycles. The van der Waals surface area contributed by atoms with Gasteiger partial charge in [0.15, 0.2) is 0 Å². The minimum Gasteiger partial charge on any atom is -0.330 e. The summed E-state index contributed by atoms with van der Waals surface area (Å²) in [6.45, 7) is 4.80. The molecule has 0 amide bonds. The van der Waals surface area contributed by atoms with Gasteiger partial charge in [0.25, 0.3) is 0 Å². The number of benzene rings is 1. The van der Waals surface area contributed by atoms with E-state index in [1.807, 2.05) is 6.07 Å². The molecule has 10 heteroatoms. The highest BCUT2D eigenvalue weighted by molar-refractivity contribution is 7.13. The molecule has 0 saturated carbocycles. The van der Waals surface area contributed by atoms with E-state index in [2.05, 4.69) is 65.0 Å². The Morgan fingerprint density at radius 1 is 0.963 bits per heavy atom. The molecule has 27 heavy (non-hydrogen) atoms. The summed E-state index contributed by atoms with van der Waals surface area (Å²) in [5.41, 5.74) is 10.3. The Hall–Kier alpha value is -1.98. The first-order valence-corrected chi connectivity index (χ1v) is 9.97. The molecular formula is C17H19ClN4O4S. The molecule has 0 bridgehead atoms. The summed E-state index contributed by atoms with van der Waals surface area (Å²) in [6, 6.07) is 14.8. The van der Waals surface area contributed by atoms with E-state index >= 15 is 0 Å². The number of rotatable bonds is 4. The second-order valence-electron chi connectivity index (χ2n) is 5.62. The monoisotopic (exact) mass is 410 g/mol. The SMILES string of the molecule is Cc1cc(-c2ccccc2)cc(C)[n+]1-c1nnc(CCN)s1.[O-][Cl+3]([O-])([O-])[O-]. The van der Waals surface area contributed by atoms with Crippen LogP contribution in [0, 0.1) is 24.1 Å². The molecule has 1 aromatic carbocycles. The van der Waals surface area contributed by atoms with Gasteiger partial charge in [-0.15, -0.1) is 10.2 Å². The molecule has 0 fully saturated rings. The van der Waals surface area contributed by atoms with Crippen molar-refractivity contribution < 1.29 is 33.4 Å². The lowest BCUT2D eigenvalue weighted by molar-refractivity contribution is -2.00. The fourth-order valence-electron chi connectivity index (χ4n) is 2.56. The van der Waals surface area contributed by atoms with Crippen molar-refractivity contribution in [2.75, 3.05) is 6.54 Å². The van der Waals surface area contributed by atoms with Crippen LogP contribution in [0.15, 0.2) is 42.5 Å². The smallest absolute Gasteiger partial charge is 0.330 e. The van der Waals surface area contributed by atoms with Crippen molar-refractivity contribution in [1.29, 1.82) is 0 Å². The third-order valence-electron chi connectivity index (χ3n) is 3.55. The zero-order valence-corrected chi connectivity index (χ0v) is 16.4. The first kappa shape index (κ1) is 21.3. The van der Waals surface area contributed by atoms with E-state index in [1.165, 1.54) is 11.1 Å². The minimum absolute atomic E-state index is 0.601. The summed E-state index contributed by atoms with van der Waals surface area (Å²) >= 11 is 1.60. The molecule has 0 aliphatic heterocycles. The van der Waals surface area contributed by atoms with Gasteiger partial charge in [0, 0.05) is 6.42 Å². The molecule has 0 unspecified atom stereocenters. The van der Waals surface area contributed by atoms with Crippen LogP contribution in [0.4, 0.5) is 0 Å². The molecule has 0 spiro atoms. The standard InChI is InChI=1S/C17H19N4S.ClHO4/c1-12-10-15(14-6-4-3-5-7-14)11-13(2)21(12)17-20-19-16(22-17)8-9-18;2-1(3,4)5/h3-7,10-11H,8-9,18H2,1-2H3;(H,2,3,4,5)/q+1;/p-1. The molecule has 0 aliphatic rings. The molecule has 0 atom stereocenters. The maximum absolute atomic E-state index is 8.49. The predicted octanol–water partition coefficient (Wildman–Crippen LogP) is -2.16. The molecule has 3 aromatic rings.